The number of rotatable bonds is 6. The number of nitrogens with zero attached hydrogens (tertiary/aromatic N) is 3. The second kappa shape index (κ2) is 8.51. The average Bonchev–Trinajstić information content (AvgIpc) is 3.20. The molecule has 152 valence electrons. The van der Waals surface area contributed by atoms with Gasteiger partial charge in [-0.15, -0.1) is 0 Å². The van der Waals surface area contributed by atoms with Crippen LogP contribution in [0.5, 0.6) is 5.75 Å². The molecule has 0 aliphatic carbocycles. The first-order valence-electron chi connectivity index (χ1n) is 10.1. The normalized spacial score (nSPS) is 17.9. The molecule has 2 atom stereocenters. The van der Waals surface area contributed by atoms with Gasteiger partial charge in [-0.2, -0.15) is 0 Å². The van der Waals surface area contributed by atoms with Crippen LogP contribution in [0.15, 0.2) is 47.1 Å². The number of para-hydroxylation sites is 1. The lowest BCUT2D eigenvalue weighted by Crippen LogP contribution is -2.44. The van der Waals surface area contributed by atoms with Gasteiger partial charge in [-0.05, 0) is 44.9 Å². The largest absolute Gasteiger partial charge is 0.490 e. The van der Waals surface area contributed by atoms with E-state index in [4.69, 9.17) is 9.15 Å². The summed E-state index contributed by atoms with van der Waals surface area (Å²) in [6.07, 6.45) is 5.25. The Labute approximate surface area is 170 Å². The minimum absolute atomic E-state index is 0.0311. The Morgan fingerprint density at radius 1 is 1.34 bits per heavy atom. The standard InChI is InChI=1S/C22H26N4O3/c1-3-28-18-9-4-7-16-13-19(29-20(16)18)15(2)25-21(27)17-8-5-12-26(14-17)22-23-10-6-11-24-22/h4,6-7,9-11,13,15,17H,3,5,8,12,14H2,1-2H3,(H,25,27). The highest BCUT2D eigenvalue weighted by Crippen LogP contribution is 2.31. The summed E-state index contributed by atoms with van der Waals surface area (Å²) in [6.45, 7) is 5.95. The number of fused-ring (bicyclic) bond motifs is 1. The summed E-state index contributed by atoms with van der Waals surface area (Å²) in [4.78, 5) is 23.6. The number of hydrogen-bond donors (Lipinski definition) is 1. The Morgan fingerprint density at radius 2 is 2.17 bits per heavy atom. The molecule has 1 saturated heterocycles. The third-order valence-corrected chi connectivity index (χ3v) is 5.24. The highest BCUT2D eigenvalue weighted by atomic mass is 16.5. The molecule has 29 heavy (non-hydrogen) atoms. The average molecular weight is 394 g/mol. The van der Waals surface area contributed by atoms with E-state index in [9.17, 15) is 4.79 Å². The van der Waals surface area contributed by atoms with Crippen LogP contribution in [-0.2, 0) is 4.79 Å². The van der Waals surface area contributed by atoms with Crippen molar-refractivity contribution in [1.82, 2.24) is 15.3 Å². The zero-order valence-electron chi connectivity index (χ0n) is 16.8. The maximum atomic E-state index is 12.9. The number of ether oxygens (including phenoxy) is 1. The molecular weight excluding hydrogens is 368 g/mol. The molecule has 7 heteroatoms. The van der Waals surface area contributed by atoms with Gasteiger partial charge in [0.05, 0.1) is 18.6 Å². The fourth-order valence-corrected chi connectivity index (χ4v) is 3.77. The number of benzene rings is 1. The van der Waals surface area contributed by atoms with Gasteiger partial charge in [0.25, 0.3) is 0 Å². The number of carbonyl (C=O) groups excluding carboxylic acids is 1. The molecule has 0 saturated carbocycles. The van der Waals surface area contributed by atoms with Gasteiger partial charge >= 0.3 is 0 Å². The fraction of sp³-hybridized carbons (Fsp3) is 0.409. The van der Waals surface area contributed by atoms with Crippen LogP contribution in [0.2, 0.25) is 0 Å². The number of anilines is 1. The first kappa shape index (κ1) is 19.2. The second-order valence-electron chi connectivity index (χ2n) is 7.32. The van der Waals surface area contributed by atoms with Gasteiger partial charge in [-0.1, -0.05) is 12.1 Å². The van der Waals surface area contributed by atoms with Crippen LogP contribution in [0.25, 0.3) is 11.0 Å². The second-order valence-corrected chi connectivity index (χ2v) is 7.32. The molecule has 3 aromatic rings. The molecule has 0 bridgehead atoms. The van der Waals surface area contributed by atoms with Crippen molar-refractivity contribution < 1.29 is 13.9 Å². The molecule has 1 aliphatic rings. The van der Waals surface area contributed by atoms with E-state index in [1.54, 1.807) is 18.5 Å². The molecule has 1 N–H and O–H groups in total. The number of carbonyl (C=O) groups is 1. The van der Waals surface area contributed by atoms with Crippen LogP contribution in [0.4, 0.5) is 5.95 Å². The summed E-state index contributed by atoms with van der Waals surface area (Å²) in [7, 11) is 0. The summed E-state index contributed by atoms with van der Waals surface area (Å²) < 4.78 is 11.7. The summed E-state index contributed by atoms with van der Waals surface area (Å²) >= 11 is 0. The van der Waals surface area contributed by atoms with Crippen molar-refractivity contribution in [2.75, 3.05) is 24.6 Å². The molecule has 1 aromatic carbocycles. The van der Waals surface area contributed by atoms with Gasteiger partial charge in [-0.3, -0.25) is 4.79 Å². The molecule has 0 radical (unpaired) electrons. The predicted octanol–water partition coefficient (Wildman–Crippen LogP) is 3.72. The van der Waals surface area contributed by atoms with E-state index in [2.05, 4.69) is 20.2 Å². The topological polar surface area (TPSA) is 80.5 Å². The number of amides is 1. The highest BCUT2D eigenvalue weighted by Gasteiger charge is 2.28. The maximum absolute atomic E-state index is 12.9. The number of furan rings is 1. The van der Waals surface area contributed by atoms with E-state index in [0.29, 0.717) is 19.1 Å². The molecule has 2 aromatic heterocycles. The van der Waals surface area contributed by atoms with Gasteiger partial charge in [0.15, 0.2) is 11.3 Å². The summed E-state index contributed by atoms with van der Waals surface area (Å²) in [5.41, 5.74) is 0.718. The molecule has 4 rings (SSSR count). The Hall–Kier alpha value is -3.09. The smallest absolute Gasteiger partial charge is 0.225 e. The monoisotopic (exact) mass is 394 g/mol. The number of hydrogen-bond acceptors (Lipinski definition) is 6. The van der Waals surface area contributed by atoms with Crippen LogP contribution < -0.4 is 15.0 Å². The van der Waals surface area contributed by atoms with E-state index < -0.39 is 0 Å². The summed E-state index contributed by atoms with van der Waals surface area (Å²) in [6, 6.07) is 9.35. The van der Waals surface area contributed by atoms with Crippen LogP contribution >= 0.6 is 0 Å². The molecule has 7 nitrogen and oxygen atoms in total. The van der Waals surface area contributed by atoms with E-state index >= 15 is 0 Å². The Bertz CT molecular complexity index is 973. The van der Waals surface area contributed by atoms with Gasteiger partial charge in [0, 0.05) is 30.9 Å². The Kier molecular flexibility index (Phi) is 5.64. The lowest BCUT2D eigenvalue weighted by molar-refractivity contribution is -0.126. The van der Waals surface area contributed by atoms with Crippen LogP contribution in [0.1, 0.15) is 38.5 Å². The first-order chi connectivity index (χ1) is 14.2. The zero-order valence-corrected chi connectivity index (χ0v) is 16.8. The van der Waals surface area contributed by atoms with Gasteiger partial charge in [0.2, 0.25) is 11.9 Å². The Morgan fingerprint density at radius 3 is 2.97 bits per heavy atom. The molecular formula is C22H26N4O3. The van der Waals surface area contributed by atoms with Crippen molar-refractivity contribution in [3.63, 3.8) is 0 Å². The van der Waals surface area contributed by atoms with Crippen LogP contribution in [0.3, 0.4) is 0 Å². The number of nitrogens with one attached hydrogen (secondary N) is 1. The van der Waals surface area contributed by atoms with Gasteiger partial charge in [0.1, 0.15) is 5.76 Å². The molecule has 1 amide bonds. The SMILES string of the molecule is CCOc1cccc2cc(C(C)NC(=O)C3CCCN(c4ncccn4)C3)oc12. The van der Waals surface area contributed by atoms with E-state index in [1.807, 2.05) is 38.1 Å². The fourth-order valence-electron chi connectivity index (χ4n) is 3.77. The maximum Gasteiger partial charge on any atom is 0.225 e. The van der Waals surface area contributed by atoms with Gasteiger partial charge < -0.3 is 19.4 Å². The molecule has 3 heterocycles. The lowest BCUT2D eigenvalue weighted by atomic mass is 9.97. The van der Waals surface area contributed by atoms with Crippen molar-refractivity contribution in [1.29, 1.82) is 0 Å². The summed E-state index contributed by atoms with van der Waals surface area (Å²) in [5.74, 6) is 2.06. The molecule has 0 spiro atoms. The molecule has 1 aliphatic heterocycles. The predicted molar refractivity (Wildman–Crippen MR) is 111 cm³/mol. The highest BCUT2D eigenvalue weighted by molar-refractivity contribution is 5.84. The number of piperidine rings is 1. The van der Waals surface area contributed by atoms with Crippen molar-refractivity contribution in [3.8, 4) is 5.75 Å². The van der Waals surface area contributed by atoms with Gasteiger partial charge in [-0.25, -0.2) is 9.97 Å². The van der Waals surface area contributed by atoms with Crippen molar-refractivity contribution in [2.45, 2.75) is 32.7 Å². The third kappa shape index (κ3) is 4.18. The summed E-state index contributed by atoms with van der Waals surface area (Å²) in [5, 5.41) is 4.08. The van der Waals surface area contributed by atoms with E-state index in [-0.39, 0.29) is 17.9 Å². The van der Waals surface area contributed by atoms with Crippen molar-refractivity contribution >= 4 is 22.8 Å². The molecule has 2 unspecified atom stereocenters. The molecule has 1 fully saturated rings. The van der Waals surface area contributed by atoms with Crippen LogP contribution in [-0.4, -0.2) is 35.6 Å². The Balaban J connectivity index is 1.44. The third-order valence-electron chi connectivity index (χ3n) is 5.24. The van der Waals surface area contributed by atoms with Crippen LogP contribution in [0, 0.1) is 5.92 Å². The van der Waals surface area contributed by atoms with Crippen molar-refractivity contribution in [2.24, 2.45) is 5.92 Å². The minimum atomic E-state index is -0.229. The zero-order chi connectivity index (χ0) is 20.2. The number of aromatic nitrogens is 2. The first-order valence-corrected chi connectivity index (χ1v) is 10.1. The van der Waals surface area contributed by atoms with E-state index in [1.165, 1.54) is 0 Å². The minimum Gasteiger partial charge on any atom is -0.490 e. The lowest BCUT2D eigenvalue weighted by Gasteiger charge is -2.32. The van der Waals surface area contributed by atoms with Crippen molar-refractivity contribution in [3.05, 3.63) is 48.5 Å². The van der Waals surface area contributed by atoms with E-state index in [0.717, 1.165) is 41.9 Å². The quantitative estimate of drug-likeness (QED) is 0.686.